The van der Waals surface area contributed by atoms with Gasteiger partial charge in [-0.25, -0.2) is 9.97 Å². The van der Waals surface area contributed by atoms with Crippen LogP contribution in [0.5, 0.6) is 11.5 Å². The van der Waals surface area contributed by atoms with E-state index in [0.717, 1.165) is 4.70 Å². The monoisotopic (exact) mass is 552 g/mol. The van der Waals surface area contributed by atoms with E-state index in [4.69, 9.17) is 9.47 Å². The van der Waals surface area contributed by atoms with Crippen molar-refractivity contribution in [2.75, 3.05) is 18.6 Å². The molecule has 5 aromatic rings. The minimum atomic E-state index is -0.940. The van der Waals surface area contributed by atoms with Gasteiger partial charge in [0, 0.05) is 6.20 Å². The number of ether oxygens (including phenoxy) is 2. The lowest BCUT2D eigenvalue weighted by Crippen LogP contribution is -2.29. The highest BCUT2D eigenvalue weighted by Gasteiger charge is 2.48. The lowest BCUT2D eigenvalue weighted by molar-refractivity contribution is -0.132. The lowest BCUT2D eigenvalue weighted by Gasteiger charge is -2.23. The molecule has 0 aliphatic carbocycles. The Morgan fingerprint density at radius 2 is 1.88 bits per heavy atom. The van der Waals surface area contributed by atoms with E-state index in [9.17, 15) is 14.7 Å². The second-order valence-electron chi connectivity index (χ2n) is 9.14. The molecule has 1 fully saturated rings. The Labute approximate surface area is 233 Å². The van der Waals surface area contributed by atoms with Crippen LogP contribution in [0.25, 0.3) is 21.6 Å². The van der Waals surface area contributed by atoms with E-state index in [1.54, 1.807) is 79.2 Å². The molecule has 4 heterocycles. The van der Waals surface area contributed by atoms with Crippen LogP contribution in [0.1, 0.15) is 23.0 Å². The molecule has 3 aromatic heterocycles. The van der Waals surface area contributed by atoms with E-state index in [0.29, 0.717) is 51.4 Å². The Bertz CT molecular complexity index is 1840. The van der Waals surface area contributed by atoms with Crippen LogP contribution in [0.2, 0.25) is 0 Å². The Balaban J connectivity index is 1.55. The van der Waals surface area contributed by atoms with E-state index in [-0.39, 0.29) is 11.3 Å². The summed E-state index contributed by atoms with van der Waals surface area (Å²) in [5, 5.41) is 12.0. The molecule has 1 atom stereocenters. The van der Waals surface area contributed by atoms with Gasteiger partial charge in [-0.2, -0.15) is 0 Å². The second-order valence-corrected chi connectivity index (χ2v) is 10.2. The fourth-order valence-electron chi connectivity index (χ4n) is 4.90. The van der Waals surface area contributed by atoms with Crippen molar-refractivity contribution in [2.45, 2.75) is 13.0 Å². The van der Waals surface area contributed by atoms with Gasteiger partial charge in [0.25, 0.3) is 5.78 Å². The third-order valence-electron chi connectivity index (χ3n) is 6.73. The van der Waals surface area contributed by atoms with Crippen LogP contribution in [0.3, 0.4) is 0 Å². The summed E-state index contributed by atoms with van der Waals surface area (Å²) >= 11 is 1.26. The molecule has 0 saturated carbocycles. The van der Waals surface area contributed by atoms with Gasteiger partial charge in [0.2, 0.25) is 0 Å². The fourth-order valence-corrected chi connectivity index (χ4v) is 5.92. The van der Waals surface area contributed by atoms with Crippen molar-refractivity contribution in [1.82, 2.24) is 14.4 Å². The third-order valence-corrected chi connectivity index (χ3v) is 7.74. The van der Waals surface area contributed by atoms with Gasteiger partial charge in [-0.1, -0.05) is 42.2 Å². The molecule has 2 aromatic carbocycles. The zero-order valence-corrected chi connectivity index (χ0v) is 22.5. The van der Waals surface area contributed by atoms with Crippen molar-refractivity contribution in [3.63, 3.8) is 0 Å². The Morgan fingerprint density at radius 3 is 2.62 bits per heavy atom. The number of hydrogen-bond donors (Lipinski definition) is 1. The summed E-state index contributed by atoms with van der Waals surface area (Å²) in [6.45, 7) is 5.75. The SMILES string of the molecule is C=CCOc1ccc(C2/C(=C(\O)c3c(C)nc4ccccn34)C(=O)C(=O)N2c2nc3ccc(OC)cc3s2)cc1. The van der Waals surface area contributed by atoms with Crippen LogP contribution in [0.15, 0.2) is 85.1 Å². The average molecular weight is 553 g/mol. The first-order valence-electron chi connectivity index (χ1n) is 12.4. The fraction of sp³-hybridized carbons (Fsp3) is 0.133. The van der Waals surface area contributed by atoms with E-state index >= 15 is 0 Å². The number of ketones is 1. The number of carbonyl (C=O) groups excluding carboxylic acids is 2. The molecule has 6 rings (SSSR count). The van der Waals surface area contributed by atoms with Gasteiger partial charge in [0.15, 0.2) is 10.9 Å². The number of fused-ring (bicyclic) bond motifs is 2. The van der Waals surface area contributed by atoms with Crippen LogP contribution >= 0.6 is 11.3 Å². The van der Waals surface area contributed by atoms with Gasteiger partial charge < -0.3 is 14.6 Å². The number of aliphatic hydroxyl groups excluding tert-OH is 1. The highest BCUT2D eigenvalue weighted by Crippen LogP contribution is 2.45. The van der Waals surface area contributed by atoms with Crippen LogP contribution in [0, 0.1) is 6.92 Å². The maximum Gasteiger partial charge on any atom is 0.301 e. The number of Topliss-reactive ketones (excluding diaryl/α,β-unsaturated/α-hetero) is 1. The molecule has 0 spiro atoms. The Hall–Kier alpha value is -4.96. The summed E-state index contributed by atoms with van der Waals surface area (Å²) < 4.78 is 13.5. The molecular weight excluding hydrogens is 528 g/mol. The molecule has 1 aliphatic rings. The minimum absolute atomic E-state index is 0.0460. The van der Waals surface area contributed by atoms with Gasteiger partial charge in [-0.15, -0.1) is 0 Å². The van der Waals surface area contributed by atoms with Crippen molar-refractivity contribution in [2.24, 2.45) is 0 Å². The predicted molar refractivity (Wildman–Crippen MR) is 153 cm³/mol. The number of methoxy groups -OCH3 is 1. The molecule has 1 unspecified atom stereocenters. The molecule has 1 N–H and O–H groups in total. The summed E-state index contributed by atoms with van der Waals surface area (Å²) in [6.07, 6.45) is 3.39. The first kappa shape index (κ1) is 25.3. The second kappa shape index (κ2) is 9.97. The van der Waals surface area contributed by atoms with Crippen molar-refractivity contribution in [1.29, 1.82) is 0 Å². The van der Waals surface area contributed by atoms with Gasteiger partial charge in [0.1, 0.15) is 29.4 Å². The van der Waals surface area contributed by atoms with Crippen LogP contribution in [-0.4, -0.2) is 44.9 Å². The smallest absolute Gasteiger partial charge is 0.301 e. The zero-order valence-electron chi connectivity index (χ0n) is 21.7. The number of aryl methyl sites for hydroxylation is 1. The highest BCUT2D eigenvalue weighted by atomic mass is 32.1. The van der Waals surface area contributed by atoms with Crippen LogP contribution < -0.4 is 14.4 Å². The van der Waals surface area contributed by atoms with Gasteiger partial charge in [-0.3, -0.25) is 18.9 Å². The molecule has 40 heavy (non-hydrogen) atoms. The molecule has 10 heteroatoms. The molecule has 1 aliphatic heterocycles. The highest BCUT2D eigenvalue weighted by molar-refractivity contribution is 7.22. The lowest BCUT2D eigenvalue weighted by atomic mass is 9.96. The normalized spacial score (nSPS) is 16.6. The summed E-state index contributed by atoms with van der Waals surface area (Å²) in [7, 11) is 1.58. The van der Waals surface area contributed by atoms with Crippen molar-refractivity contribution in [3.8, 4) is 11.5 Å². The maximum absolute atomic E-state index is 13.7. The number of nitrogens with zero attached hydrogens (tertiary/aromatic N) is 4. The number of aromatic nitrogens is 3. The van der Waals surface area contributed by atoms with E-state index < -0.39 is 17.7 Å². The molecular formula is C30H24N4O5S. The Morgan fingerprint density at radius 1 is 1.10 bits per heavy atom. The van der Waals surface area contributed by atoms with Gasteiger partial charge in [0.05, 0.1) is 34.6 Å². The van der Waals surface area contributed by atoms with Crippen molar-refractivity contribution < 1.29 is 24.2 Å². The number of amides is 1. The Kier molecular flexibility index (Phi) is 6.31. The van der Waals surface area contributed by atoms with E-state index in [2.05, 4.69) is 16.5 Å². The number of anilines is 1. The average Bonchev–Trinajstić information content (AvgIpc) is 3.62. The van der Waals surface area contributed by atoms with Gasteiger partial charge in [-0.05, 0) is 55.0 Å². The number of imidazole rings is 1. The quantitative estimate of drug-likeness (QED) is 0.124. The summed E-state index contributed by atoms with van der Waals surface area (Å²) in [6, 6.07) is 17.0. The largest absolute Gasteiger partial charge is 0.505 e. The molecule has 0 radical (unpaired) electrons. The standard InChI is InChI=1S/C30H24N4O5S/c1-4-15-39-19-10-8-18(9-11-19)26-24(27(35)25-17(2)31-23-7-5-6-14-33(23)25)28(36)29(37)34(26)30-32-21-13-12-20(38-3)16-22(21)40-30/h4-14,16,26,35H,1,15H2,2-3H3/b27-24+. The van der Waals surface area contributed by atoms with E-state index in [1.165, 1.54) is 16.2 Å². The maximum atomic E-state index is 13.7. The summed E-state index contributed by atoms with van der Waals surface area (Å²) in [5.74, 6) is -0.644. The number of benzene rings is 2. The first-order chi connectivity index (χ1) is 19.4. The molecule has 9 nitrogen and oxygen atoms in total. The van der Waals surface area contributed by atoms with E-state index in [1.807, 2.05) is 12.1 Å². The van der Waals surface area contributed by atoms with Crippen molar-refractivity contribution >= 4 is 49.8 Å². The molecule has 1 amide bonds. The summed E-state index contributed by atoms with van der Waals surface area (Å²) in [4.78, 5) is 37.9. The number of pyridine rings is 1. The molecule has 1 saturated heterocycles. The molecule has 200 valence electrons. The first-order valence-corrected chi connectivity index (χ1v) is 13.3. The zero-order chi connectivity index (χ0) is 28.0. The number of hydrogen-bond acceptors (Lipinski definition) is 8. The van der Waals surface area contributed by atoms with Gasteiger partial charge >= 0.3 is 5.91 Å². The molecule has 0 bridgehead atoms. The topological polar surface area (TPSA) is 106 Å². The minimum Gasteiger partial charge on any atom is -0.505 e. The summed E-state index contributed by atoms with van der Waals surface area (Å²) in [5.41, 5.74) is 2.70. The number of rotatable bonds is 7. The predicted octanol–water partition coefficient (Wildman–Crippen LogP) is 5.45. The number of thiazole rings is 1. The van der Waals surface area contributed by atoms with Crippen molar-refractivity contribution in [3.05, 3.63) is 102 Å². The van der Waals surface area contributed by atoms with Crippen LogP contribution in [-0.2, 0) is 9.59 Å². The number of aliphatic hydroxyl groups is 1. The third kappa shape index (κ3) is 4.09. The number of carbonyl (C=O) groups is 2. The van der Waals surface area contributed by atoms with Crippen LogP contribution in [0.4, 0.5) is 5.13 Å².